The number of anilines is 1. The number of sulfonamides is 1. The van der Waals surface area contributed by atoms with Gasteiger partial charge >= 0.3 is 5.97 Å². The number of carbonyl (C=O) groups excluding carboxylic acids is 1. The summed E-state index contributed by atoms with van der Waals surface area (Å²) in [4.78, 5) is 17.1. The first-order valence-electron chi connectivity index (χ1n) is 9.32. The van der Waals surface area contributed by atoms with Crippen molar-refractivity contribution in [3.63, 3.8) is 0 Å². The summed E-state index contributed by atoms with van der Waals surface area (Å²) < 4.78 is 28.6. The quantitative estimate of drug-likeness (QED) is 0.387. The molecule has 7 nitrogen and oxygen atoms in total. The summed E-state index contributed by atoms with van der Waals surface area (Å²) in [6.45, 7) is 6.28. The van der Waals surface area contributed by atoms with E-state index in [2.05, 4.69) is 16.5 Å². The van der Waals surface area contributed by atoms with Crippen molar-refractivity contribution in [1.29, 1.82) is 0 Å². The second-order valence-corrected chi connectivity index (χ2v) is 8.44. The van der Waals surface area contributed by atoms with Crippen molar-refractivity contribution in [2.24, 2.45) is 5.16 Å². The van der Waals surface area contributed by atoms with Crippen LogP contribution in [0, 0.1) is 0 Å². The molecule has 0 spiro atoms. The van der Waals surface area contributed by atoms with Crippen molar-refractivity contribution in [2.45, 2.75) is 26.3 Å². The maximum atomic E-state index is 12.2. The lowest BCUT2D eigenvalue weighted by Gasteiger charge is -2.08. The van der Waals surface area contributed by atoms with E-state index in [0.717, 1.165) is 12.1 Å². The van der Waals surface area contributed by atoms with Crippen molar-refractivity contribution < 1.29 is 18.0 Å². The molecule has 1 aliphatic rings. The molecule has 0 radical (unpaired) electrons. The van der Waals surface area contributed by atoms with Crippen molar-refractivity contribution in [3.05, 3.63) is 72.1 Å². The molecule has 3 rings (SSSR count). The number of rotatable bonds is 9. The molecule has 0 atom stereocenters. The van der Waals surface area contributed by atoms with E-state index in [4.69, 9.17) is 4.84 Å². The second-order valence-electron chi connectivity index (χ2n) is 6.60. The number of unbranched alkanes of at least 4 members (excludes halogenated alkanes) is 1. The van der Waals surface area contributed by atoms with Gasteiger partial charge in [0.2, 0.25) is 10.0 Å². The van der Waals surface area contributed by atoms with Crippen LogP contribution in [0.25, 0.3) is 6.08 Å². The summed E-state index contributed by atoms with van der Waals surface area (Å²) in [6.07, 6.45) is 6.79. The molecule has 1 aromatic heterocycles. The summed E-state index contributed by atoms with van der Waals surface area (Å²) in [5.41, 5.74) is 2.68. The van der Waals surface area contributed by atoms with Gasteiger partial charge in [0, 0.05) is 29.7 Å². The molecule has 1 aromatic carbocycles. The SMILES string of the molecule is C=CCn1cccc1/C=C1\C(=O)ON=C1c1ccc(NS(=O)(=O)CCCC)cc1. The van der Waals surface area contributed by atoms with Gasteiger partial charge in [-0.1, -0.05) is 36.7 Å². The predicted octanol–water partition coefficient (Wildman–Crippen LogP) is 3.56. The van der Waals surface area contributed by atoms with Crippen molar-refractivity contribution in [2.75, 3.05) is 10.5 Å². The fourth-order valence-electron chi connectivity index (χ4n) is 2.89. The monoisotopic (exact) mass is 413 g/mol. The van der Waals surface area contributed by atoms with Crippen LogP contribution in [0.2, 0.25) is 0 Å². The Morgan fingerprint density at radius 2 is 2.00 bits per heavy atom. The minimum absolute atomic E-state index is 0.0809. The summed E-state index contributed by atoms with van der Waals surface area (Å²) in [5, 5.41) is 3.90. The normalized spacial score (nSPS) is 15.3. The molecule has 1 aliphatic heterocycles. The molecule has 0 aliphatic carbocycles. The Morgan fingerprint density at radius 1 is 1.24 bits per heavy atom. The molecule has 0 saturated carbocycles. The van der Waals surface area contributed by atoms with Crippen LogP contribution in [0.4, 0.5) is 5.69 Å². The molecule has 1 N–H and O–H groups in total. The van der Waals surface area contributed by atoms with Gasteiger partial charge in [-0.2, -0.15) is 0 Å². The Bertz CT molecular complexity index is 1060. The number of oxime groups is 1. The topological polar surface area (TPSA) is 89.8 Å². The Labute approximate surface area is 170 Å². The van der Waals surface area contributed by atoms with Gasteiger partial charge in [-0.15, -0.1) is 6.58 Å². The smallest absolute Gasteiger partial charge is 0.344 e. The molecule has 0 amide bonds. The summed E-state index contributed by atoms with van der Waals surface area (Å²) >= 11 is 0. The van der Waals surface area contributed by atoms with Crippen LogP contribution in [0.5, 0.6) is 0 Å². The molecule has 0 saturated heterocycles. The van der Waals surface area contributed by atoms with Crippen molar-refractivity contribution in [1.82, 2.24) is 4.57 Å². The minimum Gasteiger partial charge on any atom is -0.344 e. The zero-order chi connectivity index (χ0) is 20.9. The predicted molar refractivity (Wildman–Crippen MR) is 114 cm³/mol. The van der Waals surface area contributed by atoms with Crippen molar-refractivity contribution in [3.8, 4) is 0 Å². The van der Waals surface area contributed by atoms with E-state index < -0.39 is 16.0 Å². The van der Waals surface area contributed by atoms with Gasteiger partial charge in [0.1, 0.15) is 5.71 Å². The van der Waals surface area contributed by atoms with Gasteiger partial charge in [0.05, 0.1) is 11.3 Å². The lowest BCUT2D eigenvalue weighted by molar-refractivity contribution is -0.136. The van der Waals surface area contributed by atoms with Crippen LogP contribution in [0.3, 0.4) is 0 Å². The average molecular weight is 413 g/mol. The minimum atomic E-state index is -3.37. The fourth-order valence-corrected chi connectivity index (χ4v) is 4.16. The van der Waals surface area contributed by atoms with E-state index in [1.54, 1.807) is 36.4 Å². The van der Waals surface area contributed by atoms with Gasteiger partial charge in [0.15, 0.2) is 0 Å². The van der Waals surface area contributed by atoms with E-state index in [1.165, 1.54) is 0 Å². The van der Waals surface area contributed by atoms with Crippen LogP contribution in [-0.4, -0.2) is 30.4 Å². The molecule has 8 heteroatoms. The highest BCUT2D eigenvalue weighted by atomic mass is 32.2. The van der Waals surface area contributed by atoms with Crippen LogP contribution in [-0.2, 0) is 26.2 Å². The van der Waals surface area contributed by atoms with Crippen LogP contribution < -0.4 is 4.72 Å². The molecule has 29 heavy (non-hydrogen) atoms. The molecule has 2 aromatic rings. The van der Waals surface area contributed by atoms with E-state index in [9.17, 15) is 13.2 Å². The lowest BCUT2D eigenvalue weighted by Crippen LogP contribution is -2.16. The number of allylic oxidation sites excluding steroid dienone is 1. The number of hydrogen-bond donors (Lipinski definition) is 1. The Kier molecular flexibility index (Phi) is 6.33. The molecule has 152 valence electrons. The van der Waals surface area contributed by atoms with Gasteiger partial charge in [-0.05, 0) is 36.8 Å². The third-order valence-corrected chi connectivity index (χ3v) is 5.75. The Hall–Kier alpha value is -3.13. The summed E-state index contributed by atoms with van der Waals surface area (Å²) in [5.74, 6) is -0.451. The molecular formula is C21H23N3O4S. The zero-order valence-electron chi connectivity index (χ0n) is 16.2. The average Bonchev–Trinajstić information content (AvgIpc) is 3.28. The standard InChI is InChI=1S/C21H23N3O4S/c1-3-5-14-29(26,27)23-17-10-8-16(9-11-17)20-19(21(25)28-22-20)15-18-7-6-13-24(18)12-4-2/h4,6-11,13,15,23H,2-3,5,12,14H2,1H3/b19-15-. The third kappa shape index (κ3) is 5.03. The third-order valence-electron chi connectivity index (χ3n) is 4.38. The first-order valence-corrected chi connectivity index (χ1v) is 11.0. The molecule has 0 fully saturated rings. The maximum Gasteiger partial charge on any atom is 0.368 e. The fraction of sp³-hybridized carbons (Fsp3) is 0.238. The first-order chi connectivity index (χ1) is 13.9. The summed E-state index contributed by atoms with van der Waals surface area (Å²) in [6, 6.07) is 10.5. The van der Waals surface area contributed by atoms with E-state index in [-0.39, 0.29) is 5.75 Å². The van der Waals surface area contributed by atoms with Gasteiger partial charge in [-0.3, -0.25) is 4.72 Å². The lowest BCUT2D eigenvalue weighted by atomic mass is 10.0. The first kappa shape index (κ1) is 20.6. The van der Waals surface area contributed by atoms with E-state index >= 15 is 0 Å². The van der Waals surface area contributed by atoms with Crippen LogP contribution in [0.1, 0.15) is 31.0 Å². The van der Waals surface area contributed by atoms with Gasteiger partial charge in [-0.25, -0.2) is 13.2 Å². The van der Waals surface area contributed by atoms with E-state index in [1.807, 2.05) is 29.8 Å². The Balaban J connectivity index is 1.82. The van der Waals surface area contributed by atoms with Gasteiger partial charge < -0.3 is 9.40 Å². The van der Waals surface area contributed by atoms with Gasteiger partial charge in [0.25, 0.3) is 0 Å². The number of hydrogen-bond acceptors (Lipinski definition) is 5. The highest BCUT2D eigenvalue weighted by Gasteiger charge is 2.27. The summed E-state index contributed by atoms with van der Waals surface area (Å²) in [7, 11) is -3.37. The molecule has 0 unspecified atom stereocenters. The highest BCUT2D eigenvalue weighted by molar-refractivity contribution is 7.92. The zero-order valence-corrected chi connectivity index (χ0v) is 17.0. The second kappa shape index (κ2) is 8.91. The number of nitrogens with zero attached hydrogens (tertiary/aromatic N) is 2. The van der Waals surface area contributed by atoms with Crippen LogP contribution >= 0.6 is 0 Å². The number of carbonyl (C=O) groups is 1. The van der Waals surface area contributed by atoms with E-state index in [0.29, 0.717) is 35.5 Å². The molecular weight excluding hydrogens is 390 g/mol. The Morgan fingerprint density at radius 3 is 2.69 bits per heavy atom. The molecule has 0 bridgehead atoms. The number of nitrogens with one attached hydrogen (secondary N) is 1. The highest BCUT2D eigenvalue weighted by Crippen LogP contribution is 2.22. The van der Waals surface area contributed by atoms with Crippen LogP contribution in [0.15, 0.2) is 66.0 Å². The maximum absolute atomic E-state index is 12.2. The number of benzene rings is 1. The number of aromatic nitrogens is 1. The van der Waals surface area contributed by atoms with Crippen molar-refractivity contribution >= 4 is 33.5 Å². The molecule has 2 heterocycles. The largest absolute Gasteiger partial charge is 0.368 e.